The lowest BCUT2D eigenvalue weighted by atomic mass is 9.86. The fourth-order valence-corrected chi connectivity index (χ4v) is 8.89. The van der Waals surface area contributed by atoms with Crippen LogP contribution in [0.2, 0.25) is 0 Å². The Labute approximate surface area is 314 Å². The molecule has 0 bridgehead atoms. The average Bonchev–Trinajstić information content (AvgIpc) is 3.26. The van der Waals surface area contributed by atoms with Gasteiger partial charge in [-0.25, -0.2) is 0 Å². The Balaban J connectivity index is 1.07. The van der Waals surface area contributed by atoms with Crippen molar-refractivity contribution < 1.29 is 0 Å². The Kier molecular flexibility index (Phi) is 6.97. The summed E-state index contributed by atoms with van der Waals surface area (Å²) in [6.07, 6.45) is 0. The van der Waals surface area contributed by atoms with E-state index in [2.05, 4.69) is 206 Å². The molecular formula is C54H34. The van der Waals surface area contributed by atoms with E-state index in [-0.39, 0.29) is 0 Å². The van der Waals surface area contributed by atoms with Crippen LogP contribution in [0.4, 0.5) is 0 Å². The normalized spacial score (nSPS) is 11.7. The van der Waals surface area contributed by atoms with E-state index in [0.29, 0.717) is 0 Å². The standard InChI is InChI=1S/C54H34/c1-2-14-35(15-3-1)51-33-41(34-53-48-26-9-7-23-45(48)46-24-10-11-27-50(46)54(51)53)39-19-13-17-37(31-39)36-16-12-18-38(30-36)40-28-29-49-44-22-5-4-20-42(44)43-21-6-8-25-47(43)52(49)32-40/h1-34H. The quantitative estimate of drug-likeness (QED) is 0.162. The Morgan fingerprint density at radius 2 is 0.519 bits per heavy atom. The van der Waals surface area contributed by atoms with Gasteiger partial charge >= 0.3 is 0 Å². The molecule has 0 aliphatic carbocycles. The Morgan fingerprint density at radius 3 is 1.06 bits per heavy atom. The zero-order valence-electron chi connectivity index (χ0n) is 29.6. The molecule has 11 aromatic rings. The molecule has 54 heavy (non-hydrogen) atoms. The third-order valence-corrected chi connectivity index (χ3v) is 11.4. The summed E-state index contributed by atoms with van der Waals surface area (Å²) < 4.78 is 0. The molecule has 0 aliphatic heterocycles. The van der Waals surface area contributed by atoms with Crippen LogP contribution in [0.15, 0.2) is 206 Å². The van der Waals surface area contributed by atoms with Crippen molar-refractivity contribution in [2.24, 2.45) is 0 Å². The molecule has 0 amide bonds. The predicted octanol–water partition coefficient (Wildman–Crippen LogP) is 15.3. The number of hydrogen-bond donors (Lipinski definition) is 0. The van der Waals surface area contributed by atoms with E-state index < -0.39 is 0 Å². The fourth-order valence-electron chi connectivity index (χ4n) is 8.89. The Bertz CT molecular complexity index is 3220. The largest absolute Gasteiger partial charge is 0.0622 e. The minimum atomic E-state index is 1.20. The molecule has 0 spiro atoms. The molecule has 0 fully saturated rings. The molecule has 250 valence electrons. The van der Waals surface area contributed by atoms with Gasteiger partial charge in [-0.15, -0.1) is 0 Å². The van der Waals surface area contributed by atoms with Gasteiger partial charge in [-0.3, -0.25) is 0 Å². The maximum atomic E-state index is 2.41. The summed E-state index contributed by atoms with van der Waals surface area (Å²) in [5.74, 6) is 0. The molecule has 0 N–H and O–H groups in total. The highest BCUT2D eigenvalue weighted by Crippen LogP contribution is 2.43. The van der Waals surface area contributed by atoms with Crippen LogP contribution in [0.5, 0.6) is 0 Å². The second kappa shape index (κ2) is 12.3. The molecule has 0 aromatic heterocycles. The van der Waals surface area contributed by atoms with Gasteiger partial charge in [0.05, 0.1) is 0 Å². The van der Waals surface area contributed by atoms with Crippen molar-refractivity contribution in [3.05, 3.63) is 206 Å². The first-order valence-electron chi connectivity index (χ1n) is 18.8. The zero-order chi connectivity index (χ0) is 35.6. The van der Waals surface area contributed by atoms with Gasteiger partial charge in [0.25, 0.3) is 0 Å². The van der Waals surface area contributed by atoms with E-state index >= 15 is 0 Å². The second-order valence-corrected chi connectivity index (χ2v) is 14.4. The molecule has 0 saturated heterocycles. The SMILES string of the molecule is c1ccc(-c2cc(-c3cccc(-c4cccc(-c5ccc6c7ccccc7c7ccccc7c6c5)c4)c3)cc3c4ccccc4c4ccccc4c23)cc1. The topological polar surface area (TPSA) is 0 Å². The van der Waals surface area contributed by atoms with Crippen LogP contribution in [0, 0.1) is 0 Å². The van der Waals surface area contributed by atoms with E-state index in [9.17, 15) is 0 Å². The van der Waals surface area contributed by atoms with Crippen molar-refractivity contribution in [3.8, 4) is 44.5 Å². The Hall–Kier alpha value is -7.02. The predicted molar refractivity (Wildman–Crippen MR) is 233 cm³/mol. The summed E-state index contributed by atoms with van der Waals surface area (Å²) >= 11 is 0. The van der Waals surface area contributed by atoms with Crippen molar-refractivity contribution in [1.29, 1.82) is 0 Å². The van der Waals surface area contributed by atoms with Gasteiger partial charge in [0.2, 0.25) is 0 Å². The van der Waals surface area contributed by atoms with E-state index in [1.807, 2.05) is 0 Å². The molecule has 11 rings (SSSR count). The third-order valence-electron chi connectivity index (χ3n) is 11.4. The molecule has 0 saturated carbocycles. The molecular weight excluding hydrogens is 649 g/mol. The van der Waals surface area contributed by atoms with Crippen LogP contribution < -0.4 is 0 Å². The second-order valence-electron chi connectivity index (χ2n) is 14.4. The Morgan fingerprint density at radius 1 is 0.167 bits per heavy atom. The van der Waals surface area contributed by atoms with E-state index in [0.717, 1.165) is 0 Å². The van der Waals surface area contributed by atoms with Crippen LogP contribution in [0.1, 0.15) is 0 Å². The first kappa shape index (κ1) is 30.6. The summed E-state index contributed by atoms with van der Waals surface area (Å²) in [6, 6.07) is 76.1. The van der Waals surface area contributed by atoms with Crippen molar-refractivity contribution in [1.82, 2.24) is 0 Å². The minimum Gasteiger partial charge on any atom is -0.0622 e. The van der Waals surface area contributed by atoms with Gasteiger partial charge in [-0.2, -0.15) is 0 Å². The maximum Gasteiger partial charge on any atom is -0.00199 e. The summed E-state index contributed by atoms with van der Waals surface area (Å²) in [7, 11) is 0. The lowest BCUT2D eigenvalue weighted by molar-refractivity contribution is 1.58. The highest BCUT2D eigenvalue weighted by atomic mass is 14.2. The summed E-state index contributed by atoms with van der Waals surface area (Å²) in [4.78, 5) is 0. The molecule has 0 radical (unpaired) electrons. The molecule has 0 unspecified atom stereocenters. The lowest BCUT2D eigenvalue weighted by Crippen LogP contribution is -1.90. The summed E-state index contributed by atoms with van der Waals surface area (Å²) in [5.41, 5.74) is 9.76. The van der Waals surface area contributed by atoms with Crippen LogP contribution in [-0.2, 0) is 0 Å². The number of benzene rings is 11. The van der Waals surface area contributed by atoms with Crippen LogP contribution in [0.25, 0.3) is 109 Å². The highest BCUT2D eigenvalue weighted by Gasteiger charge is 2.16. The lowest BCUT2D eigenvalue weighted by Gasteiger charge is -2.17. The first-order valence-corrected chi connectivity index (χ1v) is 18.8. The number of hydrogen-bond acceptors (Lipinski definition) is 0. The van der Waals surface area contributed by atoms with Crippen molar-refractivity contribution in [2.75, 3.05) is 0 Å². The summed E-state index contributed by atoms with van der Waals surface area (Å²) in [5, 5.41) is 15.5. The summed E-state index contributed by atoms with van der Waals surface area (Å²) in [6.45, 7) is 0. The van der Waals surface area contributed by atoms with Crippen molar-refractivity contribution >= 4 is 64.6 Å². The first-order chi connectivity index (χ1) is 26.8. The highest BCUT2D eigenvalue weighted by molar-refractivity contribution is 6.29. The smallest absolute Gasteiger partial charge is 0.00199 e. The van der Waals surface area contributed by atoms with Crippen LogP contribution in [0.3, 0.4) is 0 Å². The van der Waals surface area contributed by atoms with Crippen LogP contribution in [-0.4, -0.2) is 0 Å². The van der Waals surface area contributed by atoms with Gasteiger partial charge in [-0.1, -0.05) is 176 Å². The van der Waals surface area contributed by atoms with E-state index in [1.54, 1.807) is 0 Å². The molecule has 0 heteroatoms. The van der Waals surface area contributed by atoms with Gasteiger partial charge in [0.15, 0.2) is 0 Å². The molecule has 0 aliphatic rings. The average molecular weight is 683 g/mol. The number of fused-ring (bicyclic) bond motifs is 12. The van der Waals surface area contributed by atoms with Gasteiger partial charge in [-0.05, 0) is 139 Å². The minimum absolute atomic E-state index is 1.20. The zero-order valence-corrected chi connectivity index (χ0v) is 29.6. The van der Waals surface area contributed by atoms with E-state index in [1.165, 1.54) is 109 Å². The number of rotatable bonds is 4. The van der Waals surface area contributed by atoms with Gasteiger partial charge in [0.1, 0.15) is 0 Å². The van der Waals surface area contributed by atoms with Crippen molar-refractivity contribution in [2.45, 2.75) is 0 Å². The maximum absolute atomic E-state index is 2.41. The monoisotopic (exact) mass is 682 g/mol. The molecule has 0 nitrogen and oxygen atoms in total. The van der Waals surface area contributed by atoms with Crippen molar-refractivity contribution in [3.63, 3.8) is 0 Å². The van der Waals surface area contributed by atoms with Crippen LogP contribution >= 0.6 is 0 Å². The third kappa shape index (κ3) is 4.85. The molecule has 11 aromatic carbocycles. The fraction of sp³-hybridized carbons (Fsp3) is 0. The van der Waals surface area contributed by atoms with Gasteiger partial charge < -0.3 is 0 Å². The van der Waals surface area contributed by atoms with E-state index in [4.69, 9.17) is 0 Å². The molecule has 0 atom stereocenters. The molecule has 0 heterocycles. The van der Waals surface area contributed by atoms with Gasteiger partial charge in [0, 0.05) is 0 Å².